The van der Waals surface area contributed by atoms with Gasteiger partial charge in [0.05, 0.1) is 80.2 Å². The quantitative estimate of drug-likeness (QED) is 0.162. The van der Waals surface area contributed by atoms with Crippen LogP contribution in [-0.2, 0) is 0 Å². The van der Waals surface area contributed by atoms with Crippen molar-refractivity contribution in [3.63, 3.8) is 0 Å². The highest BCUT2D eigenvalue weighted by Gasteiger charge is 2.24. The third-order valence-electron chi connectivity index (χ3n) is 9.95. The molecule has 0 unspecified atom stereocenters. The Hall–Kier alpha value is -8.49. The highest BCUT2D eigenvalue weighted by atomic mass is 14.8. The molecule has 0 saturated carbocycles. The minimum Gasteiger partial charge on any atom is -0.247 e. The first-order valence-corrected chi connectivity index (χ1v) is 17.8. The van der Waals surface area contributed by atoms with Gasteiger partial charge in [-0.3, -0.25) is 0 Å². The molecule has 0 aliphatic rings. The van der Waals surface area contributed by atoms with E-state index >= 15 is 0 Å². The van der Waals surface area contributed by atoms with E-state index in [9.17, 15) is 21.0 Å². The molecular weight excluding hydrogens is 687 g/mol. The number of hydrogen-bond acceptors (Lipinski definition) is 7. The maximum Gasteiger partial charge on any atom is 0.0995 e. The maximum absolute atomic E-state index is 9.90. The van der Waals surface area contributed by atoms with Crippen molar-refractivity contribution in [2.75, 3.05) is 0 Å². The lowest BCUT2D eigenvalue weighted by Crippen LogP contribution is -2.00. The Morgan fingerprint density at radius 1 is 0.339 bits per heavy atom. The fourth-order valence-electron chi connectivity index (χ4n) is 7.37. The maximum atomic E-state index is 9.90. The van der Waals surface area contributed by atoms with Crippen LogP contribution in [0.25, 0.3) is 88.7 Å². The molecule has 0 amide bonds. The molecule has 0 spiro atoms. The van der Waals surface area contributed by atoms with Crippen LogP contribution >= 0.6 is 0 Å². The van der Waals surface area contributed by atoms with Gasteiger partial charge in [0.15, 0.2) is 0 Å². The molecule has 0 aliphatic heterocycles. The summed E-state index contributed by atoms with van der Waals surface area (Å²) < 4.78 is 0. The number of pyridine rings is 1. The lowest BCUT2D eigenvalue weighted by atomic mass is 9.88. The lowest BCUT2D eigenvalue weighted by Gasteiger charge is -2.19. The van der Waals surface area contributed by atoms with Crippen LogP contribution in [0.2, 0.25) is 0 Å². The van der Waals surface area contributed by atoms with E-state index in [-0.39, 0.29) is 0 Å². The van der Waals surface area contributed by atoms with Crippen LogP contribution in [0, 0.1) is 45.3 Å². The van der Waals surface area contributed by atoms with E-state index in [4.69, 9.17) is 15.0 Å². The number of nitrogens with zero attached hydrogens (tertiary/aromatic N) is 7. The van der Waals surface area contributed by atoms with E-state index in [1.54, 1.807) is 42.5 Å². The Bertz CT molecular complexity index is 3180. The minimum atomic E-state index is 0.384. The van der Waals surface area contributed by atoms with Crippen molar-refractivity contribution in [3.05, 3.63) is 174 Å². The molecule has 0 bridgehead atoms. The van der Waals surface area contributed by atoms with Gasteiger partial charge in [0.1, 0.15) is 0 Å². The summed E-state index contributed by atoms with van der Waals surface area (Å²) in [4.78, 5) is 16.3. The Labute approximate surface area is 321 Å². The molecular formula is C49H25N7. The number of para-hydroxylation sites is 1. The number of benzene rings is 7. The van der Waals surface area contributed by atoms with Gasteiger partial charge in [-0.25, -0.2) is 15.0 Å². The first kappa shape index (κ1) is 33.4. The summed E-state index contributed by atoms with van der Waals surface area (Å²) in [6.07, 6.45) is 0. The van der Waals surface area contributed by atoms with E-state index < -0.39 is 0 Å². The van der Waals surface area contributed by atoms with E-state index in [2.05, 4.69) is 48.5 Å². The van der Waals surface area contributed by atoms with Crippen molar-refractivity contribution >= 4 is 32.7 Å². The zero-order chi connectivity index (χ0) is 38.2. The Kier molecular flexibility index (Phi) is 8.23. The van der Waals surface area contributed by atoms with Crippen molar-refractivity contribution < 1.29 is 0 Å². The average Bonchev–Trinajstić information content (AvgIpc) is 3.28. The van der Waals surface area contributed by atoms with E-state index in [0.717, 1.165) is 60.6 Å². The van der Waals surface area contributed by atoms with Crippen LogP contribution in [-0.4, -0.2) is 15.0 Å². The summed E-state index contributed by atoms with van der Waals surface area (Å²) in [6.45, 7) is 0. The molecule has 0 N–H and O–H groups in total. The van der Waals surface area contributed by atoms with Gasteiger partial charge in [-0.1, -0.05) is 97.1 Å². The first-order valence-electron chi connectivity index (χ1n) is 17.8. The average molecular weight is 712 g/mol. The summed E-state index contributed by atoms with van der Waals surface area (Å²) in [5, 5.41) is 41.6. The normalized spacial score (nSPS) is 10.8. The second-order valence-electron chi connectivity index (χ2n) is 13.3. The predicted octanol–water partition coefficient (Wildman–Crippen LogP) is 11.2. The number of rotatable bonds is 5. The van der Waals surface area contributed by atoms with Gasteiger partial charge in [0.25, 0.3) is 0 Å². The summed E-state index contributed by atoms with van der Waals surface area (Å²) in [6, 6.07) is 56.8. The van der Waals surface area contributed by atoms with Gasteiger partial charge in [0.2, 0.25) is 0 Å². The van der Waals surface area contributed by atoms with Crippen LogP contribution in [0.5, 0.6) is 0 Å². The number of fused-ring (bicyclic) bond motifs is 5. The van der Waals surface area contributed by atoms with Crippen LogP contribution in [0.3, 0.4) is 0 Å². The van der Waals surface area contributed by atoms with Crippen LogP contribution in [0.1, 0.15) is 22.3 Å². The second kappa shape index (κ2) is 13.8. The van der Waals surface area contributed by atoms with Crippen molar-refractivity contribution in [1.82, 2.24) is 15.0 Å². The van der Waals surface area contributed by atoms with Gasteiger partial charge in [-0.15, -0.1) is 0 Å². The lowest BCUT2D eigenvalue weighted by molar-refractivity contribution is 1.29. The van der Waals surface area contributed by atoms with Gasteiger partial charge < -0.3 is 0 Å². The number of aromatic nitrogens is 3. The van der Waals surface area contributed by atoms with E-state index in [0.29, 0.717) is 50.4 Å². The van der Waals surface area contributed by atoms with Crippen LogP contribution in [0.4, 0.5) is 0 Å². The second-order valence-corrected chi connectivity index (χ2v) is 13.3. The fourth-order valence-corrected chi connectivity index (χ4v) is 7.37. The third kappa shape index (κ3) is 5.72. The van der Waals surface area contributed by atoms with Gasteiger partial charge >= 0.3 is 0 Å². The zero-order valence-corrected chi connectivity index (χ0v) is 29.6. The van der Waals surface area contributed by atoms with Crippen LogP contribution < -0.4 is 0 Å². The smallest absolute Gasteiger partial charge is 0.0995 e. The van der Waals surface area contributed by atoms with Crippen molar-refractivity contribution in [2.45, 2.75) is 0 Å². The van der Waals surface area contributed by atoms with Crippen molar-refractivity contribution in [2.24, 2.45) is 0 Å². The van der Waals surface area contributed by atoms with Crippen LogP contribution in [0.15, 0.2) is 152 Å². The Balaban J connectivity index is 1.48. The standard InChI is InChI=1S/C49H25N7/c50-26-30-14-18-35(19-15-30)46-47(36-20-16-31(27-51)17-21-36)56-49-43(55-46)25-41(34-8-2-1-3-9-34)44-40-12-6-7-13-42(40)54-48(45(44)49)39-11-5-4-10-38(39)37-23-32(28-52)22-33(24-37)29-53/h1-25H. The monoisotopic (exact) mass is 711 g/mol. The zero-order valence-electron chi connectivity index (χ0n) is 29.6. The summed E-state index contributed by atoms with van der Waals surface area (Å²) in [5.74, 6) is 0. The molecule has 0 saturated heterocycles. The van der Waals surface area contributed by atoms with Gasteiger partial charge in [0, 0.05) is 32.8 Å². The molecule has 256 valence electrons. The third-order valence-corrected chi connectivity index (χ3v) is 9.95. The molecule has 9 rings (SSSR count). The largest absolute Gasteiger partial charge is 0.247 e. The molecule has 2 aromatic heterocycles. The van der Waals surface area contributed by atoms with Gasteiger partial charge in [-0.05, 0) is 76.9 Å². The molecule has 9 aromatic rings. The molecule has 2 heterocycles. The molecule has 7 heteroatoms. The van der Waals surface area contributed by atoms with Crippen molar-refractivity contribution in [1.29, 1.82) is 21.0 Å². The van der Waals surface area contributed by atoms with E-state index in [1.807, 2.05) is 84.9 Å². The molecule has 7 aromatic carbocycles. The highest BCUT2D eigenvalue weighted by molar-refractivity contribution is 6.25. The fraction of sp³-hybridized carbons (Fsp3) is 0. The summed E-state index contributed by atoms with van der Waals surface area (Å²) >= 11 is 0. The molecule has 0 radical (unpaired) electrons. The molecule has 0 aliphatic carbocycles. The minimum absolute atomic E-state index is 0.384. The number of nitriles is 4. The summed E-state index contributed by atoms with van der Waals surface area (Å²) in [5.41, 5.74) is 11.6. The van der Waals surface area contributed by atoms with Crippen molar-refractivity contribution in [3.8, 4) is 80.3 Å². The van der Waals surface area contributed by atoms with E-state index in [1.165, 1.54) is 0 Å². The summed E-state index contributed by atoms with van der Waals surface area (Å²) in [7, 11) is 0. The topological polar surface area (TPSA) is 134 Å². The predicted molar refractivity (Wildman–Crippen MR) is 218 cm³/mol. The molecule has 0 atom stereocenters. The van der Waals surface area contributed by atoms with Gasteiger partial charge in [-0.2, -0.15) is 21.0 Å². The SMILES string of the molecule is N#Cc1ccc(-c2nc3cc(-c4ccccc4)c4c5ccccc5nc(-c5ccccc5-c5cc(C#N)cc(C#N)c5)c4c3nc2-c2ccc(C#N)cc2)cc1. The molecule has 56 heavy (non-hydrogen) atoms. The molecule has 7 nitrogen and oxygen atoms in total. The molecule has 0 fully saturated rings. The first-order chi connectivity index (χ1) is 27.6. The highest BCUT2D eigenvalue weighted by Crippen LogP contribution is 2.45. The Morgan fingerprint density at radius 2 is 0.875 bits per heavy atom. The Morgan fingerprint density at radius 3 is 1.50 bits per heavy atom. The number of hydrogen-bond donors (Lipinski definition) is 0.